The molecule has 0 aliphatic carbocycles. The minimum Gasteiger partial charge on any atom is -0.343 e. The highest BCUT2D eigenvalue weighted by atomic mass is 32.2. The summed E-state index contributed by atoms with van der Waals surface area (Å²) in [5.41, 5.74) is 2.40. The minimum atomic E-state index is -4.57. The van der Waals surface area contributed by atoms with Crippen LogP contribution in [0.3, 0.4) is 0 Å². The quantitative estimate of drug-likeness (QED) is 0.160. The molecule has 1 aliphatic heterocycles. The number of hydrogen-bond acceptors (Lipinski definition) is 9. The fourth-order valence-electron chi connectivity index (χ4n) is 5.80. The summed E-state index contributed by atoms with van der Waals surface area (Å²) >= 11 is 1.43. The van der Waals surface area contributed by atoms with E-state index in [0.717, 1.165) is 32.8 Å². The summed E-state index contributed by atoms with van der Waals surface area (Å²) in [7, 11) is -12.8. The van der Waals surface area contributed by atoms with Crippen LogP contribution < -0.4 is 14.2 Å². The lowest BCUT2D eigenvalue weighted by atomic mass is 9.83. The van der Waals surface area contributed by atoms with Crippen molar-refractivity contribution in [1.82, 2.24) is 4.72 Å². The van der Waals surface area contributed by atoms with Crippen molar-refractivity contribution >= 4 is 80.3 Å². The van der Waals surface area contributed by atoms with Gasteiger partial charge in [-0.2, -0.15) is 21.4 Å². The molecule has 0 saturated heterocycles. The molecule has 1 amide bonds. The molecule has 0 radical (unpaired) electrons. The number of amides is 1. The Hall–Kier alpha value is -3.67. The number of nitrogens with one attached hydrogen (secondary N) is 1. The third-order valence-electron chi connectivity index (χ3n) is 8.00. The topological polar surface area (TPSA) is 179 Å². The zero-order valence-corrected chi connectivity index (χ0v) is 29.2. The van der Waals surface area contributed by atoms with E-state index >= 15 is 0 Å². The van der Waals surface area contributed by atoms with Crippen molar-refractivity contribution in [2.75, 3.05) is 23.5 Å². The summed E-state index contributed by atoms with van der Waals surface area (Å²) in [5.74, 6) is -1.35. The first-order valence-corrected chi connectivity index (χ1v) is 20.2. The summed E-state index contributed by atoms with van der Waals surface area (Å²) in [5, 5.41) is 2.61. The van der Waals surface area contributed by atoms with Crippen LogP contribution in [0.4, 0.5) is 5.69 Å². The van der Waals surface area contributed by atoms with Crippen molar-refractivity contribution in [3.63, 3.8) is 0 Å². The first kappa shape index (κ1) is 34.7. The molecule has 250 valence electrons. The molecule has 47 heavy (non-hydrogen) atoms. The highest BCUT2D eigenvalue weighted by Crippen LogP contribution is 2.49. The largest absolute Gasteiger partial charge is 0.343 e. The van der Waals surface area contributed by atoms with E-state index in [1.165, 1.54) is 23.5 Å². The lowest BCUT2D eigenvalue weighted by Crippen LogP contribution is -2.45. The first-order valence-electron chi connectivity index (χ1n) is 14.4. The van der Waals surface area contributed by atoms with Gasteiger partial charge in [-0.05, 0) is 47.2 Å². The van der Waals surface area contributed by atoms with Crippen molar-refractivity contribution in [2.24, 2.45) is 0 Å². The smallest absolute Gasteiger partial charge is 0.299 e. The summed E-state index contributed by atoms with van der Waals surface area (Å²) in [4.78, 5) is 14.1. The summed E-state index contributed by atoms with van der Waals surface area (Å²) < 4.78 is 95.2. The molecule has 2 heterocycles. The molecule has 5 rings (SSSR count). The van der Waals surface area contributed by atoms with Gasteiger partial charge in [0.05, 0.1) is 16.9 Å². The van der Waals surface area contributed by atoms with Gasteiger partial charge in [-0.3, -0.25) is 13.9 Å². The average molecular weight is 721 g/mol. The maximum Gasteiger partial charge on any atom is 0.299 e. The Kier molecular flexibility index (Phi) is 9.15. The van der Waals surface area contributed by atoms with Gasteiger partial charge < -0.3 is 4.90 Å². The number of thiazole rings is 1. The van der Waals surface area contributed by atoms with Gasteiger partial charge in [0, 0.05) is 40.9 Å². The van der Waals surface area contributed by atoms with E-state index in [9.17, 15) is 39.2 Å². The second kappa shape index (κ2) is 12.4. The number of carbonyl (C=O) groups is 1. The number of carbonyl (C=O) groups excluding carboxylic acids is 1. The Labute approximate surface area is 277 Å². The van der Waals surface area contributed by atoms with Gasteiger partial charge in [-0.25, -0.2) is 13.1 Å². The molecular formula is C31H34N3O9S4+. The van der Waals surface area contributed by atoms with Crippen molar-refractivity contribution < 1.29 is 43.7 Å². The molecular weight excluding hydrogens is 687 g/mol. The number of fused-ring (bicyclic) bond motifs is 4. The van der Waals surface area contributed by atoms with E-state index in [-0.39, 0.29) is 18.0 Å². The van der Waals surface area contributed by atoms with Crippen LogP contribution >= 0.6 is 11.3 Å². The number of aromatic nitrogens is 1. The van der Waals surface area contributed by atoms with E-state index < -0.39 is 47.3 Å². The van der Waals surface area contributed by atoms with Crippen LogP contribution in [-0.4, -0.2) is 58.8 Å². The molecule has 4 aromatic rings. The number of nitrogens with zero attached hydrogens (tertiary/aromatic N) is 2. The van der Waals surface area contributed by atoms with Gasteiger partial charge in [0.15, 0.2) is 0 Å². The normalized spacial score (nSPS) is 16.3. The fraction of sp³-hybridized carbons (Fsp3) is 0.290. The number of sulfonamides is 1. The molecule has 0 bridgehead atoms. The number of hydrogen-bond donors (Lipinski definition) is 3. The molecule has 0 atom stereocenters. The molecule has 0 spiro atoms. The van der Waals surface area contributed by atoms with E-state index in [1.807, 2.05) is 74.0 Å². The highest BCUT2D eigenvalue weighted by Gasteiger charge is 2.41. The van der Waals surface area contributed by atoms with Crippen LogP contribution in [-0.2, 0) is 47.0 Å². The van der Waals surface area contributed by atoms with Gasteiger partial charge >= 0.3 is 0 Å². The van der Waals surface area contributed by atoms with Gasteiger partial charge in [0.1, 0.15) is 4.70 Å². The van der Waals surface area contributed by atoms with E-state index in [4.69, 9.17) is 0 Å². The highest BCUT2D eigenvalue weighted by molar-refractivity contribution is 7.89. The van der Waals surface area contributed by atoms with Gasteiger partial charge in [0.2, 0.25) is 22.1 Å². The number of benzene rings is 3. The molecule has 12 nitrogen and oxygen atoms in total. The maximum absolute atomic E-state index is 12.8. The molecule has 3 N–H and O–H groups in total. The Morgan fingerprint density at radius 2 is 1.72 bits per heavy atom. The van der Waals surface area contributed by atoms with Crippen molar-refractivity contribution in [3.05, 3.63) is 82.5 Å². The maximum atomic E-state index is 12.8. The molecule has 0 unspecified atom stereocenters. The van der Waals surface area contributed by atoms with Crippen LogP contribution in [0.5, 0.6) is 0 Å². The van der Waals surface area contributed by atoms with Gasteiger partial charge in [-0.15, -0.1) is 0 Å². The summed E-state index contributed by atoms with van der Waals surface area (Å²) in [6.07, 6.45) is 5.14. The third-order valence-corrected chi connectivity index (χ3v) is 11.3. The Bertz CT molecular complexity index is 2320. The average Bonchev–Trinajstić information content (AvgIpc) is 3.40. The molecule has 0 fully saturated rings. The molecule has 16 heteroatoms. The van der Waals surface area contributed by atoms with Crippen molar-refractivity contribution in [3.8, 4) is 0 Å². The van der Waals surface area contributed by atoms with E-state index in [2.05, 4.69) is 0 Å². The lowest BCUT2D eigenvalue weighted by Gasteiger charge is -2.27. The number of rotatable bonds is 10. The lowest BCUT2D eigenvalue weighted by molar-refractivity contribution is -0.655. The monoisotopic (exact) mass is 720 g/mol. The molecule has 3 aromatic carbocycles. The van der Waals surface area contributed by atoms with Gasteiger partial charge in [0.25, 0.3) is 31.2 Å². The van der Waals surface area contributed by atoms with Crippen molar-refractivity contribution in [2.45, 2.75) is 44.0 Å². The van der Waals surface area contributed by atoms with Gasteiger partial charge in [-0.1, -0.05) is 62.4 Å². The summed E-state index contributed by atoms with van der Waals surface area (Å²) in [6.45, 7) is 5.23. The molecule has 1 aliphatic rings. The third kappa shape index (κ3) is 7.42. The predicted octanol–water partition coefficient (Wildman–Crippen LogP) is 4.03. The Morgan fingerprint density at radius 1 is 1.02 bits per heavy atom. The summed E-state index contributed by atoms with van der Waals surface area (Å²) in [6, 6.07) is 15.7. The SMILES string of the molecule is CCC(=Cc1sc2c3ccccc3ccc2[n+]1CC(=O)NS(C)(=O)=O)C=C1N(CCS(=O)(=O)O)c2cc(S(=O)(=O)O)ccc2C1(C)C. The van der Waals surface area contributed by atoms with Crippen LogP contribution in [0.25, 0.3) is 27.1 Å². The predicted molar refractivity (Wildman–Crippen MR) is 182 cm³/mol. The first-order chi connectivity index (χ1) is 21.8. The van der Waals surface area contributed by atoms with Crippen LogP contribution in [0, 0.1) is 0 Å². The molecule has 1 aromatic heterocycles. The fourth-order valence-corrected chi connectivity index (χ4v) is 8.46. The van der Waals surface area contributed by atoms with E-state index in [1.54, 1.807) is 15.5 Å². The van der Waals surface area contributed by atoms with Crippen LogP contribution in [0.2, 0.25) is 0 Å². The zero-order valence-electron chi connectivity index (χ0n) is 26.0. The van der Waals surface area contributed by atoms with Crippen molar-refractivity contribution in [1.29, 1.82) is 0 Å². The van der Waals surface area contributed by atoms with Crippen LogP contribution in [0.15, 0.2) is 76.8 Å². The number of allylic oxidation sites excluding steroid dienone is 3. The van der Waals surface area contributed by atoms with E-state index in [0.29, 0.717) is 28.4 Å². The van der Waals surface area contributed by atoms with Crippen LogP contribution in [0.1, 0.15) is 37.8 Å². The Morgan fingerprint density at radius 3 is 2.36 bits per heavy atom. The second-order valence-electron chi connectivity index (χ2n) is 11.8. The minimum absolute atomic E-state index is 0.201. The standard InChI is InChI=1S/C31H33N3O9S4/c1-5-20(16-27-31(2,3)24-12-11-22(47(41,42)43)18-26(24)33(27)14-15-46(38,39)40)17-29-34(19-28(35)32-45(4,36)37)25-13-10-21-8-6-7-9-23(21)30(25)44-29/h6-13,16-18H,5,14-15,19H2,1-4H3,(H2-,32,35,38,39,40,41,42,43)/p+1. The molecule has 0 saturated carbocycles. The Balaban J connectivity index is 1.69. The second-order valence-corrected chi connectivity index (χ2v) is 17.6. The zero-order chi connectivity index (χ0) is 34.5. The number of anilines is 1.